The van der Waals surface area contributed by atoms with Gasteiger partial charge in [0.05, 0.1) is 0 Å². The van der Waals surface area contributed by atoms with Gasteiger partial charge in [-0.3, -0.25) is 0 Å². The Balaban J connectivity index is 1.43. The average molecular weight is 264 g/mol. The minimum atomic E-state index is 0.821. The number of rotatable bonds is 4. The molecule has 2 heteroatoms. The maximum Gasteiger partial charge on any atom is 0.0111 e. The van der Waals surface area contributed by atoms with Crippen LogP contribution in [0.1, 0.15) is 71.1 Å². The third-order valence-corrected chi connectivity index (χ3v) is 6.11. The number of fused-ring (bicyclic) bond motifs is 2. The molecule has 3 fully saturated rings. The van der Waals surface area contributed by atoms with Crippen LogP contribution in [-0.2, 0) is 0 Å². The zero-order chi connectivity index (χ0) is 13.2. The van der Waals surface area contributed by atoms with Crippen LogP contribution in [-0.4, -0.2) is 36.1 Å². The molecular weight excluding hydrogens is 232 g/mol. The van der Waals surface area contributed by atoms with Crippen molar-refractivity contribution in [3.05, 3.63) is 0 Å². The zero-order valence-electron chi connectivity index (χ0n) is 12.9. The predicted octanol–water partition coefficient (Wildman–Crippen LogP) is 3.56. The third kappa shape index (κ3) is 3.16. The summed E-state index contributed by atoms with van der Waals surface area (Å²) in [5, 5.41) is 4.02. The van der Waals surface area contributed by atoms with Crippen LogP contribution in [0.3, 0.4) is 0 Å². The van der Waals surface area contributed by atoms with Crippen LogP contribution in [0.5, 0.6) is 0 Å². The monoisotopic (exact) mass is 264 g/mol. The molecule has 1 saturated carbocycles. The van der Waals surface area contributed by atoms with Crippen molar-refractivity contribution < 1.29 is 0 Å². The van der Waals surface area contributed by atoms with E-state index in [9.17, 15) is 0 Å². The van der Waals surface area contributed by atoms with Gasteiger partial charge in [0, 0.05) is 24.2 Å². The molecule has 3 aliphatic rings. The number of nitrogens with zero attached hydrogens (tertiary/aromatic N) is 1. The van der Waals surface area contributed by atoms with Gasteiger partial charge < -0.3 is 10.2 Å². The highest BCUT2D eigenvalue weighted by Crippen LogP contribution is 2.35. The Morgan fingerprint density at radius 3 is 2.11 bits per heavy atom. The highest BCUT2D eigenvalue weighted by molar-refractivity contribution is 4.97. The maximum atomic E-state index is 4.02. The molecule has 2 aliphatic heterocycles. The molecule has 2 heterocycles. The molecular formula is C17H32N2. The van der Waals surface area contributed by atoms with E-state index in [1.54, 1.807) is 0 Å². The predicted molar refractivity (Wildman–Crippen MR) is 81.4 cm³/mol. The van der Waals surface area contributed by atoms with Gasteiger partial charge in [-0.2, -0.15) is 0 Å². The lowest BCUT2D eigenvalue weighted by molar-refractivity contribution is 0.135. The van der Waals surface area contributed by atoms with E-state index in [1.165, 1.54) is 64.2 Å². The summed E-state index contributed by atoms with van der Waals surface area (Å²) in [6, 6.07) is 3.42. The second kappa shape index (κ2) is 6.13. The van der Waals surface area contributed by atoms with Gasteiger partial charge in [-0.15, -0.1) is 0 Å². The summed E-state index contributed by atoms with van der Waals surface area (Å²) in [7, 11) is 2.34. The zero-order valence-corrected chi connectivity index (χ0v) is 12.9. The lowest BCUT2D eigenvalue weighted by Crippen LogP contribution is -2.50. The smallest absolute Gasteiger partial charge is 0.0111 e. The minimum absolute atomic E-state index is 0.821. The number of nitrogens with one attached hydrogen (secondary N) is 1. The molecule has 3 rings (SSSR count). The first-order valence-corrected chi connectivity index (χ1v) is 8.74. The molecule has 2 atom stereocenters. The molecule has 2 saturated heterocycles. The largest absolute Gasteiger partial charge is 0.311 e. The van der Waals surface area contributed by atoms with Gasteiger partial charge in [0.1, 0.15) is 0 Å². The van der Waals surface area contributed by atoms with Crippen LogP contribution >= 0.6 is 0 Å². The van der Waals surface area contributed by atoms with E-state index in [2.05, 4.69) is 24.2 Å². The summed E-state index contributed by atoms with van der Waals surface area (Å²) in [6.45, 7) is 2.33. The van der Waals surface area contributed by atoms with Crippen LogP contribution in [0, 0.1) is 5.92 Å². The second-order valence-corrected chi connectivity index (χ2v) is 7.39. The van der Waals surface area contributed by atoms with E-state index >= 15 is 0 Å². The van der Waals surface area contributed by atoms with Gasteiger partial charge in [0.2, 0.25) is 0 Å². The maximum absolute atomic E-state index is 4.02. The Hall–Kier alpha value is -0.0800. The van der Waals surface area contributed by atoms with Gasteiger partial charge in [-0.05, 0) is 64.3 Å². The van der Waals surface area contributed by atoms with Crippen LogP contribution < -0.4 is 5.32 Å². The van der Waals surface area contributed by atoms with Gasteiger partial charge in [0.15, 0.2) is 0 Å². The van der Waals surface area contributed by atoms with Crippen LogP contribution in [0.2, 0.25) is 0 Å². The molecule has 0 amide bonds. The van der Waals surface area contributed by atoms with E-state index < -0.39 is 0 Å². The Kier molecular flexibility index (Phi) is 4.48. The summed E-state index contributed by atoms with van der Waals surface area (Å²) in [5.74, 6) is 1.04. The summed E-state index contributed by atoms with van der Waals surface area (Å²) in [5.41, 5.74) is 0. The lowest BCUT2D eigenvalue weighted by atomic mass is 9.83. The first-order valence-electron chi connectivity index (χ1n) is 8.74. The number of piperidine rings is 1. The van der Waals surface area contributed by atoms with Crippen LogP contribution in [0.4, 0.5) is 0 Å². The third-order valence-electron chi connectivity index (χ3n) is 6.11. The van der Waals surface area contributed by atoms with E-state index in [0.717, 1.165) is 30.1 Å². The van der Waals surface area contributed by atoms with Crippen molar-refractivity contribution in [1.29, 1.82) is 0 Å². The molecule has 1 N–H and O–H groups in total. The molecule has 0 spiro atoms. The Bertz CT molecular complexity index is 269. The first-order chi connectivity index (χ1) is 9.26. The fourth-order valence-electron chi connectivity index (χ4n) is 4.91. The molecule has 1 aliphatic carbocycles. The first kappa shape index (κ1) is 13.9. The molecule has 19 heavy (non-hydrogen) atoms. The molecule has 2 unspecified atom stereocenters. The molecule has 0 aromatic heterocycles. The Morgan fingerprint density at radius 2 is 1.53 bits per heavy atom. The number of hydrogen-bond donors (Lipinski definition) is 1. The van der Waals surface area contributed by atoms with Crippen molar-refractivity contribution in [2.24, 2.45) is 5.92 Å². The number of hydrogen-bond acceptors (Lipinski definition) is 2. The van der Waals surface area contributed by atoms with E-state index in [-0.39, 0.29) is 0 Å². The summed E-state index contributed by atoms with van der Waals surface area (Å²) in [4.78, 5) is 2.65. The highest BCUT2D eigenvalue weighted by atomic mass is 15.2. The quantitative estimate of drug-likeness (QED) is 0.835. The van der Waals surface area contributed by atoms with Crippen molar-refractivity contribution in [2.75, 3.05) is 7.05 Å². The SMILES string of the molecule is CCCC1CCC(NC2CC3CCC(C2)N3C)CC1. The van der Waals surface area contributed by atoms with E-state index in [0.29, 0.717) is 0 Å². The topological polar surface area (TPSA) is 15.3 Å². The van der Waals surface area contributed by atoms with Crippen LogP contribution in [0.15, 0.2) is 0 Å². The normalized spacial score (nSPS) is 43.6. The van der Waals surface area contributed by atoms with Gasteiger partial charge in [0.25, 0.3) is 0 Å². The Morgan fingerprint density at radius 1 is 0.895 bits per heavy atom. The summed E-state index contributed by atoms with van der Waals surface area (Å²) < 4.78 is 0. The van der Waals surface area contributed by atoms with Crippen molar-refractivity contribution in [3.8, 4) is 0 Å². The Labute approximate surface area is 119 Å². The molecule has 0 aromatic rings. The lowest BCUT2D eigenvalue weighted by Gasteiger charge is -2.39. The minimum Gasteiger partial charge on any atom is -0.311 e. The van der Waals surface area contributed by atoms with Crippen molar-refractivity contribution in [2.45, 2.75) is 95.3 Å². The van der Waals surface area contributed by atoms with Gasteiger partial charge >= 0.3 is 0 Å². The van der Waals surface area contributed by atoms with Gasteiger partial charge in [-0.1, -0.05) is 19.8 Å². The molecule has 2 bridgehead atoms. The van der Waals surface area contributed by atoms with E-state index in [4.69, 9.17) is 0 Å². The molecule has 0 radical (unpaired) electrons. The molecule has 0 aromatic carbocycles. The second-order valence-electron chi connectivity index (χ2n) is 7.39. The van der Waals surface area contributed by atoms with Crippen molar-refractivity contribution in [3.63, 3.8) is 0 Å². The van der Waals surface area contributed by atoms with Crippen LogP contribution in [0.25, 0.3) is 0 Å². The standard InChI is InChI=1S/C17H32N2/c1-3-4-13-5-7-14(8-6-13)18-15-11-16-9-10-17(12-15)19(16)2/h13-18H,3-12H2,1-2H3. The molecule has 2 nitrogen and oxygen atoms in total. The van der Waals surface area contributed by atoms with Gasteiger partial charge in [-0.25, -0.2) is 0 Å². The molecule has 110 valence electrons. The average Bonchev–Trinajstić information content (AvgIpc) is 2.64. The highest BCUT2D eigenvalue weighted by Gasteiger charge is 2.38. The summed E-state index contributed by atoms with van der Waals surface area (Å²) in [6.07, 6.45) is 14.4. The van der Waals surface area contributed by atoms with E-state index in [1.807, 2.05) is 0 Å². The van der Waals surface area contributed by atoms with Crippen molar-refractivity contribution >= 4 is 0 Å². The summed E-state index contributed by atoms with van der Waals surface area (Å²) >= 11 is 0. The fourth-order valence-corrected chi connectivity index (χ4v) is 4.91. The van der Waals surface area contributed by atoms with Crippen molar-refractivity contribution in [1.82, 2.24) is 10.2 Å². The fraction of sp³-hybridized carbons (Fsp3) is 1.00.